The Kier molecular flexibility index (Phi) is 13.8. The Morgan fingerprint density at radius 1 is 0.722 bits per heavy atom. The third-order valence-electron chi connectivity index (χ3n) is 2.24. The van der Waals surface area contributed by atoms with Crippen LogP contribution >= 0.6 is 0 Å². The molecule has 0 spiro atoms. The molecule has 0 bridgehead atoms. The molecule has 1 aromatic carbocycles. The maximum Gasteiger partial charge on any atom is -0.0219 e. The molecule has 0 amide bonds. The number of benzene rings is 1. The van der Waals surface area contributed by atoms with Crippen LogP contribution < -0.4 is 0 Å². The molecule has 1 rings (SSSR count). The summed E-state index contributed by atoms with van der Waals surface area (Å²) in [5.74, 6) is 1.28. The van der Waals surface area contributed by atoms with Gasteiger partial charge in [0.15, 0.2) is 0 Å². The van der Waals surface area contributed by atoms with Crippen LogP contribution in [-0.4, -0.2) is 0 Å². The lowest BCUT2D eigenvalue weighted by atomic mass is 9.96. The molecule has 1 aromatic rings. The van der Waals surface area contributed by atoms with Crippen molar-refractivity contribution in [2.75, 3.05) is 0 Å². The highest BCUT2D eigenvalue weighted by Crippen LogP contribution is 2.20. The van der Waals surface area contributed by atoms with E-state index in [1.54, 1.807) is 0 Å². The van der Waals surface area contributed by atoms with Crippen molar-refractivity contribution >= 4 is 0 Å². The highest BCUT2D eigenvalue weighted by Gasteiger charge is 2.02. The molecular weight excluding hydrogens is 216 g/mol. The van der Waals surface area contributed by atoms with E-state index in [1.807, 2.05) is 0 Å². The van der Waals surface area contributed by atoms with Crippen LogP contribution in [0.4, 0.5) is 0 Å². The average molecular weight is 250 g/mol. The van der Waals surface area contributed by atoms with Crippen molar-refractivity contribution in [3.63, 3.8) is 0 Å². The predicted molar refractivity (Wildman–Crippen MR) is 86.6 cm³/mol. The molecule has 0 heterocycles. The topological polar surface area (TPSA) is 0 Å². The van der Waals surface area contributed by atoms with Crippen molar-refractivity contribution in [2.24, 2.45) is 0 Å². The monoisotopic (exact) mass is 250 g/mol. The quantitative estimate of drug-likeness (QED) is 0.543. The minimum atomic E-state index is 0.642. The maximum atomic E-state index is 2.31. The van der Waals surface area contributed by atoms with Crippen LogP contribution in [-0.2, 0) is 0 Å². The van der Waals surface area contributed by atoms with Crippen molar-refractivity contribution in [2.45, 2.75) is 80.1 Å². The molecule has 0 saturated carbocycles. The Labute approximate surface area is 116 Å². The van der Waals surface area contributed by atoms with Gasteiger partial charge in [-0.2, -0.15) is 0 Å². The SMILES string of the molecule is CC(C)c1cccc(C(C)C)c1.CCC.CCC. The summed E-state index contributed by atoms with van der Waals surface area (Å²) >= 11 is 0. The zero-order valence-corrected chi connectivity index (χ0v) is 13.9. The number of rotatable bonds is 2. The minimum absolute atomic E-state index is 0.642. The van der Waals surface area contributed by atoms with Crippen LogP contribution in [0.5, 0.6) is 0 Å². The highest BCUT2D eigenvalue weighted by atomic mass is 14.1. The van der Waals surface area contributed by atoms with Crippen molar-refractivity contribution in [3.05, 3.63) is 35.4 Å². The van der Waals surface area contributed by atoms with E-state index in [0.29, 0.717) is 11.8 Å². The first-order valence-electron chi connectivity index (χ1n) is 7.54. The van der Waals surface area contributed by atoms with Gasteiger partial charge in [-0.3, -0.25) is 0 Å². The van der Waals surface area contributed by atoms with Crippen LogP contribution in [0.15, 0.2) is 24.3 Å². The molecule has 0 heteroatoms. The third kappa shape index (κ3) is 10.4. The Morgan fingerprint density at radius 3 is 1.22 bits per heavy atom. The molecule has 18 heavy (non-hydrogen) atoms. The van der Waals surface area contributed by atoms with Crippen molar-refractivity contribution in [1.29, 1.82) is 0 Å². The largest absolute Gasteiger partial charge is 0.0656 e. The van der Waals surface area contributed by atoms with Gasteiger partial charge in [0.05, 0.1) is 0 Å². The van der Waals surface area contributed by atoms with Crippen LogP contribution in [0.3, 0.4) is 0 Å². The average Bonchev–Trinajstić information content (AvgIpc) is 2.31. The van der Waals surface area contributed by atoms with E-state index in [-0.39, 0.29) is 0 Å². The van der Waals surface area contributed by atoms with E-state index in [4.69, 9.17) is 0 Å². The van der Waals surface area contributed by atoms with Gasteiger partial charge in [0.1, 0.15) is 0 Å². The van der Waals surface area contributed by atoms with Crippen molar-refractivity contribution < 1.29 is 0 Å². The lowest BCUT2D eigenvalue weighted by molar-refractivity contribution is 0.834. The molecule has 0 aliphatic heterocycles. The van der Waals surface area contributed by atoms with Crippen LogP contribution in [0, 0.1) is 0 Å². The summed E-state index contributed by atoms with van der Waals surface area (Å²) in [7, 11) is 0. The number of hydrogen-bond acceptors (Lipinski definition) is 0. The predicted octanol–water partition coefficient (Wildman–Crippen LogP) is 6.77. The minimum Gasteiger partial charge on any atom is -0.0656 e. The van der Waals surface area contributed by atoms with E-state index in [1.165, 1.54) is 24.0 Å². The molecule has 0 fully saturated rings. The van der Waals surface area contributed by atoms with Crippen molar-refractivity contribution in [1.82, 2.24) is 0 Å². The molecular formula is C18H34. The Hall–Kier alpha value is -0.780. The van der Waals surface area contributed by atoms with Gasteiger partial charge in [0.2, 0.25) is 0 Å². The molecule has 0 radical (unpaired) electrons. The van der Waals surface area contributed by atoms with E-state index < -0.39 is 0 Å². The van der Waals surface area contributed by atoms with Gasteiger partial charge in [-0.05, 0) is 23.0 Å². The second kappa shape index (κ2) is 12.7. The number of hydrogen-bond donors (Lipinski definition) is 0. The van der Waals surface area contributed by atoms with Gasteiger partial charge >= 0.3 is 0 Å². The normalized spacial score (nSPS) is 9.44. The van der Waals surface area contributed by atoms with E-state index in [0.717, 1.165) is 0 Å². The van der Waals surface area contributed by atoms with E-state index in [2.05, 4.69) is 79.7 Å². The van der Waals surface area contributed by atoms with Crippen molar-refractivity contribution in [3.8, 4) is 0 Å². The summed E-state index contributed by atoms with van der Waals surface area (Å²) in [6, 6.07) is 8.88. The fourth-order valence-electron chi connectivity index (χ4n) is 1.28. The van der Waals surface area contributed by atoms with Gasteiger partial charge < -0.3 is 0 Å². The maximum absolute atomic E-state index is 2.31. The molecule has 0 N–H and O–H groups in total. The summed E-state index contributed by atoms with van der Waals surface area (Å²) in [4.78, 5) is 0. The Morgan fingerprint density at radius 2 is 1.00 bits per heavy atom. The first-order valence-corrected chi connectivity index (χ1v) is 7.54. The lowest BCUT2D eigenvalue weighted by Gasteiger charge is -2.09. The smallest absolute Gasteiger partial charge is 0.0219 e. The Bertz CT molecular complexity index is 246. The molecule has 0 aliphatic carbocycles. The second-order valence-electron chi connectivity index (χ2n) is 5.39. The van der Waals surface area contributed by atoms with Crippen LogP contribution in [0.1, 0.15) is 91.2 Å². The standard InChI is InChI=1S/C12H18.2C3H8/c1-9(2)11-6-5-7-12(8-11)10(3)4;2*1-3-2/h5-10H,1-4H3;2*3H2,1-2H3. The first-order chi connectivity index (χ1) is 8.44. The van der Waals surface area contributed by atoms with E-state index >= 15 is 0 Å². The molecule has 0 unspecified atom stereocenters. The summed E-state index contributed by atoms with van der Waals surface area (Å²) in [6.45, 7) is 17.4. The summed E-state index contributed by atoms with van der Waals surface area (Å²) in [6.07, 6.45) is 2.50. The van der Waals surface area contributed by atoms with Gasteiger partial charge in [-0.1, -0.05) is 92.5 Å². The van der Waals surface area contributed by atoms with Gasteiger partial charge in [-0.15, -0.1) is 0 Å². The summed E-state index contributed by atoms with van der Waals surface area (Å²) in [5, 5.41) is 0. The summed E-state index contributed by atoms with van der Waals surface area (Å²) < 4.78 is 0. The zero-order chi connectivity index (χ0) is 14.6. The molecule has 0 aromatic heterocycles. The molecule has 0 nitrogen and oxygen atoms in total. The fourth-order valence-corrected chi connectivity index (χ4v) is 1.28. The molecule has 106 valence electrons. The molecule has 0 atom stereocenters. The lowest BCUT2D eigenvalue weighted by Crippen LogP contribution is -1.91. The second-order valence-corrected chi connectivity index (χ2v) is 5.39. The Balaban J connectivity index is 0. The van der Waals surface area contributed by atoms with Gasteiger partial charge in [0.25, 0.3) is 0 Å². The van der Waals surface area contributed by atoms with Gasteiger partial charge in [0, 0.05) is 0 Å². The third-order valence-corrected chi connectivity index (χ3v) is 2.24. The van der Waals surface area contributed by atoms with E-state index in [9.17, 15) is 0 Å². The zero-order valence-electron chi connectivity index (χ0n) is 13.9. The van der Waals surface area contributed by atoms with Crippen LogP contribution in [0.25, 0.3) is 0 Å². The first kappa shape index (κ1) is 19.6. The summed E-state index contributed by atoms with van der Waals surface area (Å²) in [5.41, 5.74) is 2.89. The fraction of sp³-hybridized carbons (Fsp3) is 0.667. The van der Waals surface area contributed by atoms with Gasteiger partial charge in [-0.25, -0.2) is 0 Å². The molecule has 0 saturated heterocycles. The molecule has 0 aliphatic rings. The van der Waals surface area contributed by atoms with Crippen LogP contribution in [0.2, 0.25) is 0 Å². The highest BCUT2D eigenvalue weighted by molar-refractivity contribution is 5.27.